The van der Waals surface area contributed by atoms with Crippen molar-refractivity contribution in [1.82, 2.24) is 9.78 Å². The number of hydrogen-bond acceptors (Lipinski definition) is 3. The largest absolute Gasteiger partial charge is 0.293 e. The summed E-state index contributed by atoms with van der Waals surface area (Å²) in [6.45, 7) is 1.94. The fourth-order valence-corrected chi connectivity index (χ4v) is 3.20. The molecule has 0 aliphatic heterocycles. The van der Waals surface area contributed by atoms with E-state index in [0.29, 0.717) is 6.42 Å². The minimum absolute atomic E-state index is 0.157. The van der Waals surface area contributed by atoms with Crippen molar-refractivity contribution in [1.29, 1.82) is 0 Å². The number of hydrogen-bond donors (Lipinski definition) is 0. The minimum atomic E-state index is 0.157. The van der Waals surface area contributed by atoms with Gasteiger partial charge in [-0.25, -0.2) is 0 Å². The van der Waals surface area contributed by atoms with Gasteiger partial charge in [0.05, 0.1) is 17.0 Å². The summed E-state index contributed by atoms with van der Waals surface area (Å²) in [4.78, 5) is 13.1. The molecule has 0 spiro atoms. The lowest BCUT2D eigenvalue weighted by molar-refractivity contribution is 0.0994. The molecule has 0 saturated carbocycles. The molecule has 2 heterocycles. The smallest absolute Gasteiger partial charge is 0.178 e. The molecule has 3 aromatic rings. The molecule has 3 rings (SSSR count). The van der Waals surface area contributed by atoms with Crippen LogP contribution in [-0.2, 0) is 13.5 Å². The number of carbonyl (C=O) groups is 1. The molecule has 19 heavy (non-hydrogen) atoms. The molecule has 0 aliphatic rings. The number of aromatic nitrogens is 2. The van der Waals surface area contributed by atoms with Crippen LogP contribution in [0, 0.1) is 6.92 Å². The molecule has 0 saturated heterocycles. The molecule has 4 heteroatoms. The molecule has 0 amide bonds. The third kappa shape index (κ3) is 2.31. The van der Waals surface area contributed by atoms with E-state index in [1.807, 2.05) is 50.4 Å². The van der Waals surface area contributed by atoms with Crippen LogP contribution in [-0.4, -0.2) is 15.6 Å². The fourth-order valence-electron chi connectivity index (χ4n) is 2.20. The second kappa shape index (κ2) is 4.63. The number of carbonyl (C=O) groups excluding carboxylic acids is 1. The zero-order valence-electron chi connectivity index (χ0n) is 10.9. The van der Waals surface area contributed by atoms with Crippen LogP contribution in [0.25, 0.3) is 10.1 Å². The molecule has 0 aliphatic carbocycles. The summed E-state index contributed by atoms with van der Waals surface area (Å²) in [6, 6.07) is 12.0. The van der Waals surface area contributed by atoms with Crippen molar-refractivity contribution in [3.05, 3.63) is 52.7 Å². The molecule has 0 radical (unpaired) electrons. The average Bonchev–Trinajstić information content (AvgIpc) is 2.93. The number of Topliss-reactive ketones (excluding diaryl/α,β-unsaturated/α-hetero) is 1. The number of thiophene rings is 1. The number of ketones is 1. The van der Waals surface area contributed by atoms with Crippen LogP contribution in [0.15, 0.2) is 36.4 Å². The number of benzene rings is 1. The Morgan fingerprint density at radius 2 is 2.11 bits per heavy atom. The summed E-state index contributed by atoms with van der Waals surface area (Å²) < 4.78 is 2.94. The lowest BCUT2D eigenvalue weighted by Gasteiger charge is -1.99. The summed E-state index contributed by atoms with van der Waals surface area (Å²) in [6.07, 6.45) is 0.407. The van der Waals surface area contributed by atoms with E-state index < -0.39 is 0 Å². The fraction of sp³-hybridized carbons (Fsp3) is 0.200. The van der Waals surface area contributed by atoms with Crippen molar-refractivity contribution >= 4 is 27.2 Å². The number of nitrogens with zero attached hydrogens (tertiary/aromatic N) is 2. The third-order valence-electron chi connectivity index (χ3n) is 3.14. The first-order chi connectivity index (χ1) is 9.13. The number of aryl methyl sites for hydroxylation is 2. The Balaban J connectivity index is 1.89. The summed E-state index contributed by atoms with van der Waals surface area (Å²) in [5.41, 5.74) is 1.90. The Kier molecular flexibility index (Phi) is 2.95. The van der Waals surface area contributed by atoms with Gasteiger partial charge in [-0.1, -0.05) is 18.2 Å². The first-order valence-electron chi connectivity index (χ1n) is 6.15. The molecule has 0 bridgehead atoms. The quantitative estimate of drug-likeness (QED) is 0.684. The maximum absolute atomic E-state index is 12.3. The summed E-state index contributed by atoms with van der Waals surface area (Å²) in [7, 11) is 1.88. The third-order valence-corrected chi connectivity index (χ3v) is 4.30. The molecule has 0 atom stereocenters. The predicted octanol–water partition coefficient (Wildman–Crippen LogP) is 3.37. The Morgan fingerprint density at radius 3 is 2.79 bits per heavy atom. The van der Waals surface area contributed by atoms with Gasteiger partial charge in [0.15, 0.2) is 5.78 Å². The highest BCUT2D eigenvalue weighted by atomic mass is 32.1. The van der Waals surface area contributed by atoms with Crippen LogP contribution in [0.4, 0.5) is 0 Å². The van der Waals surface area contributed by atoms with Gasteiger partial charge in [-0.3, -0.25) is 9.48 Å². The maximum atomic E-state index is 12.3. The van der Waals surface area contributed by atoms with Crippen LogP contribution in [0.3, 0.4) is 0 Å². The monoisotopic (exact) mass is 270 g/mol. The van der Waals surface area contributed by atoms with Crippen LogP contribution in [0.5, 0.6) is 0 Å². The Bertz CT molecular complexity index is 721. The second-order valence-corrected chi connectivity index (χ2v) is 5.73. The van der Waals surface area contributed by atoms with Crippen molar-refractivity contribution in [3.8, 4) is 0 Å². The first-order valence-corrected chi connectivity index (χ1v) is 6.96. The van der Waals surface area contributed by atoms with Gasteiger partial charge in [-0.2, -0.15) is 5.10 Å². The van der Waals surface area contributed by atoms with Crippen LogP contribution in [0.1, 0.15) is 21.1 Å². The van der Waals surface area contributed by atoms with E-state index in [-0.39, 0.29) is 5.78 Å². The van der Waals surface area contributed by atoms with Crippen molar-refractivity contribution in [2.75, 3.05) is 0 Å². The first kappa shape index (κ1) is 12.1. The van der Waals surface area contributed by atoms with E-state index in [4.69, 9.17) is 0 Å². The van der Waals surface area contributed by atoms with Gasteiger partial charge < -0.3 is 0 Å². The average molecular weight is 270 g/mol. The number of rotatable bonds is 3. The zero-order valence-corrected chi connectivity index (χ0v) is 11.7. The molecular weight excluding hydrogens is 256 g/mol. The molecule has 2 aromatic heterocycles. The molecule has 0 fully saturated rings. The van der Waals surface area contributed by atoms with E-state index >= 15 is 0 Å². The van der Waals surface area contributed by atoms with Gasteiger partial charge in [0, 0.05) is 17.4 Å². The van der Waals surface area contributed by atoms with Gasteiger partial charge in [0.1, 0.15) is 0 Å². The second-order valence-electron chi connectivity index (χ2n) is 4.65. The standard InChI is InChI=1S/C15H14N2OS/c1-10-7-12(17(2)16-10)9-13(18)15-8-11-5-3-4-6-14(11)19-15/h3-8H,9H2,1-2H3. The molecule has 0 unspecified atom stereocenters. The van der Waals surface area contributed by atoms with E-state index in [1.165, 1.54) is 0 Å². The van der Waals surface area contributed by atoms with Gasteiger partial charge in [-0.05, 0) is 30.5 Å². The Morgan fingerprint density at radius 1 is 1.32 bits per heavy atom. The van der Waals surface area contributed by atoms with Gasteiger partial charge in [0.25, 0.3) is 0 Å². The summed E-state index contributed by atoms with van der Waals surface area (Å²) in [5.74, 6) is 0.157. The summed E-state index contributed by atoms with van der Waals surface area (Å²) >= 11 is 1.56. The zero-order chi connectivity index (χ0) is 13.4. The van der Waals surface area contributed by atoms with Gasteiger partial charge >= 0.3 is 0 Å². The highest BCUT2D eigenvalue weighted by Gasteiger charge is 2.13. The maximum Gasteiger partial charge on any atom is 0.178 e. The van der Waals surface area contributed by atoms with Crippen LogP contribution in [0.2, 0.25) is 0 Å². The van der Waals surface area contributed by atoms with Crippen LogP contribution >= 0.6 is 11.3 Å². The van der Waals surface area contributed by atoms with Gasteiger partial charge in [0.2, 0.25) is 0 Å². The lowest BCUT2D eigenvalue weighted by Crippen LogP contribution is -2.06. The highest BCUT2D eigenvalue weighted by Crippen LogP contribution is 2.26. The highest BCUT2D eigenvalue weighted by molar-refractivity contribution is 7.20. The van der Waals surface area contributed by atoms with Crippen molar-refractivity contribution in [3.63, 3.8) is 0 Å². The Labute approximate surface area is 115 Å². The predicted molar refractivity (Wildman–Crippen MR) is 77.8 cm³/mol. The van der Waals surface area contributed by atoms with E-state index in [9.17, 15) is 4.79 Å². The molecular formula is C15H14N2OS. The lowest BCUT2D eigenvalue weighted by atomic mass is 10.1. The normalized spacial score (nSPS) is 11.1. The molecule has 1 aromatic carbocycles. The van der Waals surface area contributed by atoms with E-state index in [0.717, 1.165) is 26.4 Å². The summed E-state index contributed by atoms with van der Waals surface area (Å²) in [5, 5.41) is 5.40. The van der Waals surface area contributed by atoms with Crippen molar-refractivity contribution in [2.45, 2.75) is 13.3 Å². The molecule has 0 N–H and O–H groups in total. The van der Waals surface area contributed by atoms with Crippen molar-refractivity contribution < 1.29 is 4.79 Å². The SMILES string of the molecule is Cc1cc(CC(=O)c2cc3ccccc3s2)n(C)n1. The number of fused-ring (bicyclic) bond motifs is 1. The van der Waals surface area contributed by atoms with E-state index in [2.05, 4.69) is 5.10 Å². The van der Waals surface area contributed by atoms with Crippen LogP contribution < -0.4 is 0 Å². The van der Waals surface area contributed by atoms with E-state index in [1.54, 1.807) is 16.0 Å². The molecule has 96 valence electrons. The Hall–Kier alpha value is -1.94. The topological polar surface area (TPSA) is 34.9 Å². The minimum Gasteiger partial charge on any atom is -0.293 e. The molecule has 3 nitrogen and oxygen atoms in total. The van der Waals surface area contributed by atoms with Crippen molar-refractivity contribution in [2.24, 2.45) is 7.05 Å². The van der Waals surface area contributed by atoms with Gasteiger partial charge in [-0.15, -0.1) is 11.3 Å².